The minimum atomic E-state index is -0.603. The first-order chi connectivity index (χ1) is 16.5. The predicted octanol–water partition coefficient (Wildman–Crippen LogP) is 5.86. The van der Waals surface area contributed by atoms with E-state index in [0.717, 1.165) is 27.8 Å². The second-order valence-electron chi connectivity index (χ2n) is 9.80. The van der Waals surface area contributed by atoms with Crippen LogP contribution in [0.5, 0.6) is 11.5 Å². The zero-order valence-electron chi connectivity index (χ0n) is 22.0. The van der Waals surface area contributed by atoms with Crippen molar-refractivity contribution in [3.8, 4) is 11.5 Å². The zero-order chi connectivity index (χ0) is 26.2. The van der Waals surface area contributed by atoms with Gasteiger partial charge >= 0.3 is 0 Å². The molecule has 0 radical (unpaired) electrons. The molecule has 2 aromatic carbocycles. The average molecular weight is 548 g/mol. The molecule has 0 bridgehead atoms. The third kappa shape index (κ3) is 8.27. The van der Waals surface area contributed by atoms with Crippen molar-refractivity contribution in [2.45, 2.75) is 78.4 Å². The third-order valence-corrected chi connectivity index (χ3v) is 6.67. The van der Waals surface area contributed by atoms with Gasteiger partial charge in [0.25, 0.3) is 5.91 Å². The van der Waals surface area contributed by atoms with Gasteiger partial charge < -0.3 is 19.7 Å². The van der Waals surface area contributed by atoms with Gasteiger partial charge in [-0.05, 0) is 76.5 Å². The molecule has 0 aliphatic carbocycles. The Labute approximate surface area is 218 Å². The van der Waals surface area contributed by atoms with E-state index < -0.39 is 6.04 Å². The van der Waals surface area contributed by atoms with E-state index in [1.54, 1.807) is 12.0 Å². The van der Waals surface area contributed by atoms with Crippen molar-refractivity contribution < 1.29 is 19.1 Å². The van der Waals surface area contributed by atoms with Crippen LogP contribution in [0.1, 0.15) is 65.5 Å². The van der Waals surface area contributed by atoms with E-state index in [1.165, 1.54) is 0 Å². The van der Waals surface area contributed by atoms with E-state index in [0.29, 0.717) is 18.7 Å². The Morgan fingerprint density at radius 3 is 2.23 bits per heavy atom. The van der Waals surface area contributed by atoms with Crippen LogP contribution in [0.15, 0.2) is 46.9 Å². The molecular formula is C28H39BrN2O4. The molecule has 2 atom stereocenters. The van der Waals surface area contributed by atoms with Crippen LogP contribution in [-0.4, -0.2) is 42.5 Å². The molecule has 0 saturated carbocycles. The van der Waals surface area contributed by atoms with Crippen LogP contribution in [0.2, 0.25) is 0 Å². The third-order valence-electron chi connectivity index (χ3n) is 6.05. The Hall–Kier alpha value is -2.54. The Morgan fingerprint density at radius 2 is 1.71 bits per heavy atom. The van der Waals surface area contributed by atoms with Gasteiger partial charge in [-0.15, -0.1) is 0 Å². The lowest BCUT2D eigenvalue weighted by Crippen LogP contribution is -2.51. The molecule has 0 heterocycles. The molecular weight excluding hydrogens is 508 g/mol. The second-order valence-corrected chi connectivity index (χ2v) is 10.6. The molecule has 6 nitrogen and oxygen atoms in total. The smallest absolute Gasteiger partial charge is 0.261 e. The second kappa shape index (κ2) is 13.0. The summed E-state index contributed by atoms with van der Waals surface area (Å²) in [6.07, 6.45) is 1.31. The minimum Gasteiger partial charge on any atom is -0.497 e. The maximum atomic E-state index is 13.4. The highest BCUT2D eigenvalue weighted by molar-refractivity contribution is 9.10. The van der Waals surface area contributed by atoms with Crippen molar-refractivity contribution in [1.29, 1.82) is 0 Å². The van der Waals surface area contributed by atoms with Gasteiger partial charge in [0.05, 0.1) is 11.6 Å². The zero-order valence-corrected chi connectivity index (χ0v) is 23.6. The van der Waals surface area contributed by atoms with Crippen LogP contribution in [0.3, 0.4) is 0 Å². The minimum absolute atomic E-state index is 0.00334. The highest BCUT2D eigenvalue weighted by Crippen LogP contribution is 2.31. The largest absolute Gasteiger partial charge is 0.497 e. The molecule has 7 heteroatoms. The first-order valence-electron chi connectivity index (χ1n) is 12.2. The number of benzene rings is 2. The van der Waals surface area contributed by atoms with Crippen molar-refractivity contribution in [2.75, 3.05) is 13.7 Å². The molecule has 2 rings (SSSR count). The summed E-state index contributed by atoms with van der Waals surface area (Å²) in [6.45, 7) is 12.4. The molecule has 0 aromatic heterocycles. The normalized spacial score (nSPS) is 13.0. The van der Waals surface area contributed by atoms with Crippen LogP contribution in [0.25, 0.3) is 0 Å². The molecule has 0 unspecified atom stereocenters. The fraction of sp³-hybridized carbons (Fsp3) is 0.500. The SMILES string of the molecule is CC[C@H](C(=O)N[C@@H](C)CC)N(Cc1ccc(OC)cc1)C(=O)COc1ccc(C(C)(C)C)cc1Br. The Balaban J connectivity index is 2.25. The van der Waals surface area contributed by atoms with Crippen LogP contribution in [0.4, 0.5) is 0 Å². The molecule has 2 amide bonds. The van der Waals surface area contributed by atoms with Gasteiger partial charge in [0.15, 0.2) is 6.61 Å². The summed E-state index contributed by atoms with van der Waals surface area (Å²) in [5.74, 6) is 0.922. The van der Waals surface area contributed by atoms with Gasteiger partial charge in [0, 0.05) is 12.6 Å². The summed E-state index contributed by atoms with van der Waals surface area (Å²) in [6, 6.07) is 12.8. The number of ether oxygens (including phenoxy) is 2. The number of hydrogen-bond donors (Lipinski definition) is 1. The summed E-state index contributed by atoms with van der Waals surface area (Å²) in [4.78, 5) is 28.1. The van der Waals surface area contributed by atoms with Gasteiger partial charge in [-0.3, -0.25) is 9.59 Å². The lowest BCUT2D eigenvalue weighted by molar-refractivity contribution is -0.143. The number of carbonyl (C=O) groups excluding carboxylic acids is 2. The Morgan fingerprint density at radius 1 is 1.06 bits per heavy atom. The summed E-state index contributed by atoms with van der Waals surface area (Å²) in [7, 11) is 1.61. The maximum absolute atomic E-state index is 13.4. The summed E-state index contributed by atoms with van der Waals surface area (Å²) in [5, 5.41) is 3.02. The average Bonchev–Trinajstić information content (AvgIpc) is 2.82. The number of methoxy groups -OCH3 is 1. The van der Waals surface area contributed by atoms with Crippen molar-refractivity contribution in [1.82, 2.24) is 10.2 Å². The van der Waals surface area contributed by atoms with Crippen LogP contribution in [0, 0.1) is 0 Å². The quantitative estimate of drug-likeness (QED) is 0.383. The van der Waals surface area contributed by atoms with Gasteiger partial charge in [-0.1, -0.05) is 52.8 Å². The van der Waals surface area contributed by atoms with Gasteiger partial charge in [-0.25, -0.2) is 0 Å². The molecule has 0 aliphatic rings. The summed E-state index contributed by atoms with van der Waals surface area (Å²) in [5.41, 5.74) is 2.07. The monoisotopic (exact) mass is 546 g/mol. The fourth-order valence-corrected chi connectivity index (χ4v) is 4.09. The molecule has 0 spiro atoms. The highest BCUT2D eigenvalue weighted by atomic mass is 79.9. The Kier molecular flexibility index (Phi) is 10.6. The standard InChI is InChI=1S/C28H39BrN2O4/c1-8-19(3)30-27(33)24(9-2)31(17-20-10-13-22(34-7)14-11-20)26(32)18-35-25-15-12-21(16-23(25)29)28(4,5)6/h10-16,19,24H,8-9,17-18H2,1-7H3,(H,30,33)/t19-,24+/m0/s1. The molecule has 0 fully saturated rings. The molecule has 1 N–H and O–H groups in total. The van der Waals surface area contributed by atoms with Crippen LogP contribution >= 0.6 is 15.9 Å². The number of halogens is 1. The van der Waals surface area contributed by atoms with Crippen molar-refractivity contribution in [3.05, 3.63) is 58.1 Å². The fourth-order valence-electron chi connectivity index (χ4n) is 3.60. The topological polar surface area (TPSA) is 67.9 Å². The van der Waals surface area contributed by atoms with E-state index >= 15 is 0 Å². The highest BCUT2D eigenvalue weighted by Gasteiger charge is 2.29. The first-order valence-corrected chi connectivity index (χ1v) is 12.9. The van der Waals surface area contributed by atoms with E-state index in [-0.39, 0.29) is 29.9 Å². The van der Waals surface area contributed by atoms with E-state index in [9.17, 15) is 9.59 Å². The van der Waals surface area contributed by atoms with Crippen LogP contribution in [-0.2, 0) is 21.5 Å². The van der Waals surface area contributed by atoms with Gasteiger partial charge in [0.2, 0.25) is 5.91 Å². The number of nitrogens with zero attached hydrogens (tertiary/aromatic N) is 1. The van der Waals surface area contributed by atoms with Crippen molar-refractivity contribution in [3.63, 3.8) is 0 Å². The lowest BCUT2D eigenvalue weighted by atomic mass is 9.87. The van der Waals surface area contributed by atoms with E-state index in [4.69, 9.17) is 9.47 Å². The number of nitrogens with one attached hydrogen (secondary N) is 1. The number of hydrogen-bond acceptors (Lipinski definition) is 4. The molecule has 0 aliphatic heterocycles. The number of amides is 2. The lowest BCUT2D eigenvalue weighted by Gasteiger charge is -2.31. The molecule has 35 heavy (non-hydrogen) atoms. The molecule has 2 aromatic rings. The van der Waals surface area contributed by atoms with Crippen molar-refractivity contribution in [2.24, 2.45) is 0 Å². The summed E-state index contributed by atoms with van der Waals surface area (Å²) >= 11 is 3.57. The molecule has 192 valence electrons. The maximum Gasteiger partial charge on any atom is 0.261 e. The van der Waals surface area contributed by atoms with Crippen molar-refractivity contribution >= 4 is 27.7 Å². The number of carbonyl (C=O) groups is 2. The summed E-state index contributed by atoms with van der Waals surface area (Å²) < 4.78 is 11.9. The van der Waals surface area contributed by atoms with Gasteiger partial charge in [0.1, 0.15) is 17.5 Å². The van der Waals surface area contributed by atoms with Gasteiger partial charge in [-0.2, -0.15) is 0 Å². The molecule has 0 saturated heterocycles. The van der Waals surface area contributed by atoms with E-state index in [2.05, 4.69) is 42.0 Å². The number of rotatable bonds is 11. The first kappa shape index (κ1) is 28.7. The predicted molar refractivity (Wildman–Crippen MR) is 144 cm³/mol. The van der Waals surface area contributed by atoms with E-state index in [1.807, 2.05) is 63.2 Å². The Bertz CT molecular complexity index is 985. The van der Waals surface area contributed by atoms with Crippen LogP contribution < -0.4 is 14.8 Å².